The molecule has 0 aliphatic heterocycles. The maximum Gasteiger partial charge on any atom is 0.314 e. The van der Waals surface area contributed by atoms with Crippen molar-refractivity contribution in [3.63, 3.8) is 0 Å². The Balaban J connectivity index is 1.96. The average Bonchev–Trinajstić information content (AvgIpc) is 2.91. The van der Waals surface area contributed by atoms with Crippen molar-refractivity contribution in [1.29, 1.82) is 0 Å². The molecule has 0 aliphatic rings. The van der Waals surface area contributed by atoms with Crippen LogP contribution in [0.1, 0.15) is 117 Å². The summed E-state index contributed by atoms with van der Waals surface area (Å²) in [4.78, 5) is 13.4. The number of unbranched alkanes of at least 4 members (excludes halogenated alkanes) is 12. The van der Waals surface area contributed by atoms with Crippen LogP contribution in [0.4, 0.5) is 0 Å². The van der Waals surface area contributed by atoms with E-state index in [1.165, 1.54) is 77.0 Å². The third kappa shape index (κ3) is 11.6. The highest BCUT2D eigenvalue weighted by Crippen LogP contribution is 2.33. The highest BCUT2D eigenvalue weighted by Gasteiger charge is 2.21. The van der Waals surface area contributed by atoms with Crippen LogP contribution in [0, 0.1) is 5.92 Å². The SMILES string of the molecule is CCCCCCCCCCC(CCCCCCCC)C(=O)Oc1ccccc1-c1cccc(OC)c1. The van der Waals surface area contributed by atoms with Crippen LogP contribution >= 0.6 is 0 Å². The van der Waals surface area contributed by atoms with Gasteiger partial charge < -0.3 is 9.47 Å². The highest BCUT2D eigenvalue weighted by atomic mass is 16.5. The molecule has 36 heavy (non-hydrogen) atoms. The Hall–Kier alpha value is -2.29. The number of hydrogen-bond acceptors (Lipinski definition) is 3. The van der Waals surface area contributed by atoms with Crippen molar-refractivity contribution in [3.8, 4) is 22.6 Å². The Labute approximate surface area is 221 Å². The molecule has 0 aromatic heterocycles. The van der Waals surface area contributed by atoms with E-state index in [0.29, 0.717) is 5.75 Å². The van der Waals surface area contributed by atoms with Gasteiger partial charge in [0.1, 0.15) is 11.5 Å². The zero-order valence-electron chi connectivity index (χ0n) is 23.2. The molecular formula is C33H50O3. The molecule has 2 rings (SSSR count). The second-order valence-electron chi connectivity index (χ2n) is 10.2. The van der Waals surface area contributed by atoms with Crippen LogP contribution in [-0.2, 0) is 4.79 Å². The molecule has 0 saturated carbocycles. The van der Waals surface area contributed by atoms with Gasteiger partial charge in [0, 0.05) is 5.56 Å². The fourth-order valence-corrected chi connectivity index (χ4v) is 4.85. The number of hydrogen-bond donors (Lipinski definition) is 0. The first-order chi connectivity index (χ1) is 17.7. The van der Waals surface area contributed by atoms with Crippen molar-refractivity contribution >= 4 is 5.97 Å². The van der Waals surface area contributed by atoms with Crippen LogP contribution in [0.15, 0.2) is 48.5 Å². The number of para-hydroxylation sites is 1. The summed E-state index contributed by atoms with van der Waals surface area (Å²) in [6, 6.07) is 15.8. The van der Waals surface area contributed by atoms with Crippen LogP contribution in [0.3, 0.4) is 0 Å². The number of carbonyl (C=O) groups is 1. The van der Waals surface area contributed by atoms with Crippen molar-refractivity contribution in [2.45, 2.75) is 117 Å². The normalized spacial score (nSPS) is 11.9. The van der Waals surface area contributed by atoms with Crippen LogP contribution in [-0.4, -0.2) is 13.1 Å². The minimum absolute atomic E-state index is 0.0189. The van der Waals surface area contributed by atoms with E-state index < -0.39 is 0 Å². The third-order valence-corrected chi connectivity index (χ3v) is 7.12. The molecule has 0 fully saturated rings. The molecule has 0 bridgehead atoms. The van der Waals surface area contributed by atoms with Crippen LogP contribution in [0.25, 0.3) is 11.1 Å². The monoisotopic (exact) mass is 494 g/mol. The summed E-state index contributed by atoms with van der Waals surface area (Å²) >= 11 is 0. The molecule has 0 N–H and O–H groups in total. The van der Waals surface area contributed by atoms with Gasteiger partial charge in [-0.05, 0) is 36.6 Å². The fourth-order valence-electron chi connectivity index (χ4n) is 4.85. The van der Waals surface area contributed by atoms with E-state index in [1.54, 1.807) is 7.11 Å². The first-order valence-electron chi connectivity index (χ1n) is 14.6. The zero-order chi connectivity index (χ0) is 25.8. The summed E-state index contributed by atoms with van der Waals surface area (Å²) in [5, 5.41) is 0. The van der Waals surface area contributed by atoms with Crippen molar-refractivity contribution in [3.05, 3.63) is 48.5 Å². The lowest BCUT2D eigenvalue weighted by atomic mass is 9.94. The predicted molar refractivity (Wildman–Crippen MR) is 153 cm³/mol. The van der Waals surface area contributed by atoms with Crippen molar-refractivity contribution in [2.75, 3.05) is 7.11 Å². The minimum atomic E-state index is -0.0677. The molecule has 0 aliphatic carbocycles. The third-order valence-electron chi connectivity index (χ3n) is 7.12. The van der Waals surface area contributed by atoms with E-state index in [4.69, 9.17) is 9.47 Å². The van der Waals surface area contributed by atoms with Gasteiger partial charge in [0.15, 0.2) is 0 Å². The van der Waals surface area contributed by atoms with Gasteiger partial charge in [-0.25, -0.2) is 0 Å². The molecule has 0 radical (unpaired) electrons. The number of rotatable bonds is 20. The van der Waals surface area contributed by atoms with Gasteiger partial charge in [-0.1, -0.05) is 134 Å². The Kier molecular flexibility index (Phi) is 15.7. The highest BCUT2D eigenvalue weighted by molar-refractivity contribution is 5.79. The molecule has 200 valence electrons. The number of benzene rings is 2. The number of esters is 1. The lowest BCUT2D eigenvalue weighted by molar-refractivity contribution is -0.139. The van der Waals surface area contributed by atoms with Gasteiger partial charge in [-0.15, -0.1) is 0 Å². The van der Waals surface area contributed by atoms with Crippen molar-refractivity contribution < 1.29 is 14.3 Å². The molecule has 1 unspecified atom stereocenters. The van der Waals surface area contributed by atoms with Crippen LogP contribution in [0.5, 0.6) is 11.5 Å². The first-order valence-corrected chi connectivity index (χ1v) is 14.6. The van der Waals surface area contributed by atoms with E-state index in [0.717, 1.165) is 42.6 Å². The van der Waals surface area contributed by atoms with Crippen molar-refractivity contribution in [2.24, 2.45) is 5.92 Å². The molecular weight excluding hydrogens is 444 g/mol. The molecule has 0 saturated heterocycles. The Morgan fingerprint density at radius 3 is 1.83 bits per heavy atom. The quantitative estimate of drug-likeness (QED) is 0.104. The van der Waals surface area contributed by atoms with E-state index >= 15 is 0 Å². The zero-order valence-corrected chi connectivity index (χ0v) is 23.2. The second-order valence-corrected chi connectivity index (χ2v) is 10.2. The van der Waals surface area contributed by atoms with Crippen LogP contribution < -0.4 is 9.47 Å². The lowest BCUT2D eigenvalue weighted by Crippen LogP contribution is -2.21. The number of methoxy groups -OCH3 is 1. The molecule has 2 aromatic rings. The second kappa shape index (κ2) is 18.9. The molecule has 0 amide bonds. The van der Waals surface area contributed by atoms with E-state index in [9.17, 15) is 4.79 Å². The molecule has 3 nitrogen and oxygen atoms in total. The van der Waals surface area contributed by atoms with Gasteiger partial charge in [-0.2, -0.15) is 0 Å². The number of carbonyl (C=O) groups excluding carboxylic acids is 1. The Morgan fingerprint density at radius 2 is 1.25 bits per heavy atom. The maximum atomic E-state index is 13.4. The van der Waals surface area contributed by atoms with E-state index in [1.807, 2.05) is 48.5 Å². The van der Waals surface area contributed by atoms with Gasteiger partial charge >= 0.3 is 5.97 Å². The predicted octanol–water partition coefficient (Wildman–Crippen LogP) is 10.2. The Bertz CT molecular complexity index is 844. The summed E-state index contributed by atoms with van der Waals surface area (Å²) in [5.41, 5.74) is 1.92. The summed E-state index contributed by atoms with van der Waals surface area (Å²) in [6.07, 6.45) is 19.6. The fraction of sp³-hybridized carbons (Fsp3) is 0.606. The molecule has 0 spiro atoms. The molecule has 2 aromatic carbocycles. The average molecular weight is 495 g/mol. The minimum Gasteiger partial charge on any atom is -0.497 e. The lowest BCUT2D eigenvalue weighted by Gasteiger charge is -2.18. The van der Waals surface area contributed by atoms with E-state index in [2.05, 4.69) is 13.8 Å². The number of ether oxygens (including phenoxy) is 2. The topological polar surface area (TPSA) is 35.5 Å². The van der Waals surface area contributed by atoms with Gasteiger partial charge in [0.05, 0.1) is 13.0 Å². The first kappa shape index (κ1) is 29.9. The Morgan fingerprint density at radius 1 is 0.694 bits per heavy atom. The molecule has 1 atom stereocenters. The summed E-state index contributed by atoms with van der Waals surface area (Å²) in [5.74, 6) is 1.35. The summed E-state index contributed by atoms with van der Waals surface area (Å²) in [6.45, 7) is 4.51. The molecule has 3 heteroatoms. The summed E-state index contributed by atoms with van der Waals surface area (Å²) in [7, 11) is 1.67. The standard InChI is InChI=1S/C33H50O3/c1-4-6-8-10-12-13-15-17-22-28(21-16-14-11-9-7-5-2)33(34)36-32-26-19-18-25-31(32)29-23-20-24-30(27-29)35-3/h18-20,23-28H,4-17,21-22H2,1-3H3. The smallest absolute Gasteiger partial charge is 0.314 e. The van der Waals surface area contributed by atoms with Gasteiger partial charge in [-0.3, -0.25) is 4.79 Å². The van der Waals surface area contributed by atoms with Crippen molar-refractivity contribution in [1.82, 2.24) is 0 Å². The van der Waals surface area contributed by atoms with Gasteiger partial charge in [0.25, 0.3) is 0 Å². The largest absolute Gasteiger partial charge is 0.497 e. The molecule has 0 heterocycles. The van der Waals surface area contributed by atoms with E-state index in [-0.39, 0.29) is 11.9 Å². The maximum absolute atomic E-state index is 13.4. The summed E-state index contributed by atoms with van der Waals surface area (Å²) < 4.78 is 11.5. The van der Waals surface area contributed by atoms with Gasteiger partial charge in [0.2, 0.25) is 0 Å². The van der Waals surface area contributed by atoms with Crippen LogP contribution in [0.2, 0.25) is 0 Å².